The molecular formula is C22H27N3O4. The van der Waals surface area contributed by atoms with Crippen molar-refractivity contribution in [2.24, 2.45) is 5.41 Å². The normalized spacial score (nSPS) is 10.8. The summed E-state index contributed by atoms with van der Waals surface area (Å²) in [5.74, 6) is -0.153. The van der Waals surface area contributed by atoms with Crippen molar-refractivity contribution in [3.05, 3.63) is 54.1 Å². The second-order valence-electron chi connectivity index (χ2n) is 7.19. The molecule has 0 heterocycles. The van der Waals surface area contributed by atoms with Gasteiger partial charge in [-0.15, -0.1) is 0 Å². The Labute approximate surface area is 170 Å². The third kappa shape index (κ3) is 6.34. The van der Waals surface area contributed by atoms with Crippen molar-refractivity contribution < 1.29 is 19.1 Å². The molecule has 29 heavy (non-hydrogen) atoms. The van der Waals surface area contributed by atoms with Gasteiger partial charge in [0, 0.05) is 24.8 Å². The van der Waals surface area contributed by atoms with Gasteiger partial charge < -0.3 is 20.7 Å². The van der Waals surface area contributed by atoms with Crippen molar-refractivity contribution in [3.63, 3.8) is 0 Å². The number of nitrogens with one attached hydrogen (secondary N) is 3. The van der Waals surface area contributed by atoms with Crippen molar-refractivity contribution >= 4 is 29.1 Å². The SMILES string of the molecule is COc1ccc(CCNC(=O)C(C)(C)C(=O)Nc2ccc(NC(C)=O)cc2)cc1. The summed E-state index contributed by atoms with van der Waals surface area (Å²) in [6.07, 6.45) is 0.651. The highest BCUT2D eigenvalue weighted by molar-refractivity contribution is 6.09. The molecule has 0 aromatic heterocycles. The number of carbonyl (C=O) groups excluding carboxylic acids is 3. The highest BCUT2D eigenvalue weighted by atomic mass is 16.5. The lowest BCUT2D eigenvalue weighted by atomic mass is 9.91. The van der Waals surface area contributed by atoms with Crippen molar-refractivity contribution in [1.29, 1.82) is 0 Å². The van der Waals surface area contributed by atoms with Crippen LogP contribution in [0.5, 0.6) is 5.75 Å². The van der Waals surface area contributed by atoms with Crippen LogP contribution in [0.2, 0.25) is 0 Å². The third-order valence-electron chi connectivity index (χ3n) is 4.46. The minimum Gasteiger partial charge on any atom is -0.497 e. The van der Waals surface area contributed by atoms with Gasteiger partial charge in [0.2, 0.25) is 17.7 Å². The Morgan fingerprint density at radius 1 is 0.862 bits per heavy atom. The smallest absolute Gasteiger partial charge is 0.239 e. The number of amides is 3. The fraction of sp³-hybridized carbons (Fsp3) is 0.318. The maximum atomic E-state index is 12.6. The Hall–Kier alpha value is -3.35. The zero-order chi connectivity index (χ0) is 21.4. The monoisotopic (exact) mass is 397 g/mol. The molecule has 154 valence electrons. The lowest BCUT2D eigenvalue weighted by Crippen LogP contribution is -2.45. The summed E-state index contributed by atoms with van der Waals surface area (Å²) in [5, 5.41) is 8.21. The summed E-state index contributed by atoms with van der Waals surface area (Å²) in [7, 11) is 1.61. The average Bonchev–Trinajstić information content (AvgIpc) is 2.69. The highest BCUT2D eigenvalue weighted by Gasteiger charge is 2.35. The van der Waals surface area contributed by atoms with Crippen LogP contribution >= 0.6 is 0 Å². The summed E-state index contributed by atoms with van der Waals surface area (Å²) in [5.41, 5.74) is 0.998. The van der Waals surface area contributed by atoms with Gasteiger partial charge >= 0.3 is 0 Å². The Kier molecular flexibility index (Phi) is 7.36. The van der Waals surface area contributed by atoms with E-state index < -0.39 is 11.3 Å². The molecule has 3 N–H and O–H groups in total. The van der Waals surface area contributed by atoms with Gasteiger partial charge in [0.25, 0.3) is 0 Å². The van der Waals surface area contributed by atoms with Crippen LogP contribution in [0.25, 0.3) is 0 Å². The van der Waals surface area contributed by atoms with E-state index in [9.17, 15) is 14.4 Å². The Morgan fingerprint density at radius 3 is 1.93 bits per heavy atom. The summed E-state index contributed by atoms with van der Waals surface area (Å²) >= 11 is 0. The number of hydrogen-bond acceptors (Lipinski definition) is 4. The number of ether oxygens (including phenoxy) is 1. The molecule has 3 amide bonds. The summed E-state index contributed by atoms with van der Waals surface area (Å²) < 4.78 is 5.12. The third-order valence-corrected chi connectivity index (χ3v) is 4.46. The van der Waals surface area contributed by atoms with E-state index in [-0.39, 0.29) is 11.8 Å². The molecule has 0 aliphatic rings. The fourth-order valence-electron chi connectivity index (χ4n) is 2.56. The number of methoxy groups -OCH3 is 1. The van der Waals surface area contributed by atoms with Crippen LogP contribution in [0.4, 0.5) is 11.4 Å². The van der Waals surface area contributed by atoms with Crippen molar-refractivity contribution in [1.82, 2.24) is 5.32 Å². The van der Waals surface area contributed by atoms with Crippen molar-refractivity contribution in [3.8, 4) is 5.75 Å². The first kappa shape index (κ1) is 21.9. The van der Waals surface area contributed by atoms with Gasteiger partial charge in [-0.05, 0) is 62.2 Å². The van der Waals surface area contributed by atoms with Crippen LogP contribution in [0, 0.1) is 5.41 Å². The Morgan fingerprint density at radius 2 is 1.41 bits per heavy atom. The maximum Gasteiger partial charge on any atom is 0.239 e. The molecule has 0 spiro atoms. The minimum atomic E-state index is -1.24. The molecule has 0 saturated heterocycles. The molecule has 0 atom stereocenters. The van der Waals surface area contributed by atoms with Crippen LogP contribution in [-0.2, 0) is 20.8 Å². The predicted octanol–water partition coefficient (Wildman–Crippen LogP) is 2.98. The first-order valence-corrected chi connectivity index (χ1v) is 9.32. The van der Waals surface area contributed by atoms with E-state index in [1.54, 1.807) is 45.2 Å². The van der Waals surface area contributed by atoms with Gasteiger partial charge in [0.15, 0.2) is 0 Å². The molecule has 0 radical (unpaired) electrons. The van der Waals surface area contributed by atoms with Crippen LogP contribution in [0.3, 0.4) is 0 Å². The zero-order valence-corrected chi connectivity index (χ0v) is 17.2. The highest BCUT2D eigenvalue weighted by Crippen LogP contribution is 2.20. The predicted molar refractivity (Wildman–Crippen MR) is 113 cm³/mol. The fourth-order valence-corrected chi connectivity index (χ4v) is 2.56. The lowest BCUT2D eigenvalue weighted by Gasteiger charge is -2.23. The van der Waals surface area contributed by atoms with E-state index in [1.807, 2.05) is 24.3 Å². The van der Waals surface area contributed by atoms with Gasteiger partial charge in [0.05, 0.1) is 7.11 Å². The average molecular weight is 397 g/mol. The molecule has 2 aromatic carbocycles. The van der Waals surface area contributed by atoms with Crippen LogP contribution < -0.4 is 20.7 Å². The molecule has 0 bridgehead atoms. The van der Waals surface area contributed by atoms with Crippen molar-refractivity contribution in [2.75, 3.05) is 24.3 Å². The van der Waals surface area contributed by atoms with Gasteiger partial charge in [-0.1, -0.05) is 12.1 Å². The second kappa shape index (κ2) is 9.73. The van der Waals surface area contributed by atoms with E-state index in [1.165, 1.54) is 6.92 Å². The molecule has 0 fully saturated rings. The van der Waals surface area contributed by atoms with Gasteiger partial charge in [-0.2, -0.15) is 0 Å². The maximum absolute atomic E-state index is 12.6. The second-order valence-corrected chi connectivity index (χ2v) is 7.19. The number of anilines is 2. The van der Waals surface area contributed by atoms with Gasteiger partial charge in [-0.25, -0.2) is 0 Å². The standard InChI is InChI=1S/C22H27N3O4/c1-15(26)24-17-7-9-18(10-8-17)25-21(28)22(2,3)20(27)23-14-13-16-5-11-19(29-4)12-6-16/h5-12H,13-14H2,1-4H3,(H,23,27)(H,24,26)(H,25,28). The molecule has 2 aromatic rings. The van der Waals surface area contributed by atoms with E-state index in [0.717, 1.165) is 11.3 Å². The Bertz CT molecular complexity index is 859. The van der Waals surface area contributed by atoms with E-state index in [2.05, 4.69) is 16.0 Å². The van der Waals surface area contributed by atoms with Crippen LogP contribution in [-0.4, -0.2) is 31.4 Å². The summed E-state index contributed by atoms with van der Waals surface area (Å²) in [4.78, 5) is 36.2. The zero-order valence-electron chi connectivity index (χ0n) is 17.2. The number of rotatable bonds is 8. The van der Waals surface area contributed by atoms with Crippen LogP contribution in [0.15, 0.2) is 48.5 Å². The molecule has 0 aliphatic carbocycles. The molecular weight excluding hydrogens is 370 g/mol. The molecule has 7 heteroatoms. The molecule has 0 unspecified atom stereocenters. The first-order chi connectivity index (χ1) is 13.7. The van der Waals surface area contributed by atoms with Crippen LogP contribution in [0.1, 0.15) is 26.3 Å². The number of carbonyl (C=O) groups is 3. The van der Waals surface area contributed by atoms with E-state index in [0.29, 0.717) is 24.3 Å². The quantitative estimate of drug-likeness (QED) is 0.597. The minimum absolute atomic E-state index is 0.172. The lowest BCUT2D eigenvalue weighted by molar-refractivity contribution is -0.138. The van der Waals surface area contributed by atoms with E-state index >= 15 is 0 Å². The topological polar surface area (TPSA) is 96.5 Å². The van der Waals surface area contributed by atoms with E-state index in [4.69, 9.17) is 4.74 Å². The summed E-state index contributed by atoms with van der Waals surface area (Å²) in [6, 6.07) is 14.3. The molecule has 0 saturated carbocycles. The molecule has 2 rings (SSSR count). The first-order valence-electron chi connectivity index (χ1n) is 9.32. The summed E-state index contributed by atoms with van der Waals surface area (Å²) in [6.45, 7) is 5.01. The van der Waals surface area contributed by atoms with Crippen molar-refractivity contribution in [2.45, 2.75) is 27.2 Å². The largest absolute Gasteiger partial charge is 0.497 e. The number of benzene rings is 2. The molecule has 0 aliphatic heterocycles. The molecule has 7 nitrogen and oxygen atoms in total. The Balaban J connectivity index is 1.87. The van der Waals surface area contributed by atoms with Gasteiger partial charge in [-0.3, -0.25) is 14.4 Å². The van der Waals surface area contributed by atoms with Gasteiger partial charge in [0.1, 0.15) is 11.2 Å². The number of hydrogen-bond donors (Lipinski definition) is 3.